The molecule has 42 heavy (non-hydrogen) atoms. The number of hydrogen-bond donors (Lipinski definition) is 6. The number of anilines is 2. The molecule has 2 aromatic heterocycles. The van der Waals surface area contributed by atoms with Crippen LogP contribution in [0.2, 0.25) is 0 Å². The van der Waals surface area contributed by atoms with Crippen LogP contribution in [-0.2, 0) is 4.74 Å². The molecule has 2 aromatic carbocycles. The standard InChI is InChI=1S/C29H33N7O6/c37-15-21-23(38)24(39)27(42-21)36-16-31-22-25(33-28(34-26(22)36)35-12-11-19(14-35)32-29(40)41)30-13-20(17-7-3-1-4-8-17)18-9-5-2-6-10-18/h1-10,16,19-21,23-24,27,32,37-39H,11-15H2,(H,40,41)(H,30,33,34)/t19-,21-,23-,24-,27-/m1/s1. The Kier molecular flexibility index (Phi) is 7.89. The number of imidazole rings is 1. The summed E-state index contributed by atoms with van der Waals surface area (Å²) in [6.07, 6.45) is -3.61. The molecule has 1 amide bonds. The Morgan fingerprint density at radius 3 is 2.33 bits per heavy atom. The van der Waals surface area contributed by atoms with Crippen LogP contribution in [-0.4, -0.2) is 96.6 Å². The lowest BCUT2D eigenvalue weighted by atomic mass is 9.91. The second-order valence-electron chi connectivity index (χ2n) is 10.6. The van der Waals surface area contributed by atoms with Crippen molar-refractivity contribution in [3.8, 4) is 0 Å². The molecule has 13 nitrogen and oxygen atoms in total. The van der Waals surface area contributed by atoms with Crippen LogP contribution in [0, 0.1) is 0 Å². The molecule has 2 aliphatic rings. The number of carboxylic acid groups (broad SMARTS) is 1. The van der Waals surface area contributed by atoms with Crippen LogP contribution >= 0.6 is 0 Å². The highest BCUT2D eigenvalue weighted by molar-refractivity contribution is 5.84. The van der Waals surface area contributed by atoms with Crippen molar-refractivity contribution in [2.45, 2.75) is 42.9 Å². The van der Waals surface area contributed by atoms with E-state index in [1.165, 1.54) is 10.9 Å². The predicted molar refractivity (Wildman–Crippen MR) is 153 cm³/mol. The summed E-state index contributed by atoms with van der Waals surface area (Å²) in [6, 6.07) is 20.0. The summed E-state index contributed by atoms with van der Waals surface area (Å²) in [7, 11) is 0. The Bertz CT molecular complexity index is 1480. The second kappa shape index (κ2) is 11.9. The molecule has 220 valence electrons. The molecular weight excluding hydrogens is 542 g/mol. The molecule has 2 aliphatic heterocycles. The normalized spacial score (nSPS) is 24.0. The Morgan fingerprint density at radius 1 is 1.02 bits per heavy atom. The molecule has 4 aromatic rings. The third kappa shape index (κ3) is 5.46. The third-order valence-corrected chi connectivity index (χ3v) is 7.88. The molecule has 0 aliphatic carbocycles. The van der Waals surface area contributed by atoms with E-state index in [1.807, 2.05) is 41.3 Å². The molecule has 13 heteroatoms. The van der Waals surface area contributed by atoms with Gasteiger partial charge in [-0.3, -0.25) is 4.57 Å². The second-order valence-corrected chi connectivity index (χ2v) is 10.6. The van der Waals surface area contributed by atoms with Gasteiger partial charge in [0.05, 0.1) is 19.0 Å². The van der Waals surface area contributed by atoms with Gasteiger partial charge in [0.25, 0.3) is 0 Å². The Morgan fingerprint density at radius 2 is 1.71 bits per heavy atom. The van der Waals surface area contributed by atoms with Crippen LogP contribution in [0.1, 0.15) is 29.7 Å². The van der Waals surface area contributed by atoms with Gasteiger partial charge in [0, 0.05) is 25.6 Å². The van der Waals surface area contributed by atoms with Gasteiger partial charge in [0.2, 0.25) is 5.95 Å². The number of benzene rings is 2. The maximum absolute atomic E-state index is 11.2. The van der Waals surface area contributed by atoms with Crippen LogP contribution < -0.4 is 15.5 Å². The smallest absolute Gasteiger partial charge is 0.404 e. The summed E-state index contributed by atoms with van der Waals surface area (Å²) in [5.41, 5.74) is 3.06. The lowest BCUT2D eigenvalue weighted by Gasteiger charge is -2.22. The zero-order valence-corrected chi connectivity index (χ0v) is 22.7. The van der Waals surface area contributed by atoms with Crippen LogP contribution in [0.15, 0.2) is 67.0 Å². The first-order valence-corrected chi connectivity index (χ1v) is 13.9. The van der Waals surface area contributed by atoms with Crippen molar-refractivity contribution >= 4 is 29.0 Å². The molecule has 4 heterocycles. The Balaban J connectivity index is 1.37. The van der Waals surface area contributed by atoms with Crippen molar-refractivity contribution in [1.82, 2.24) is 24.8 Å². The summed E-state index contributed by atoms with van der Waals surface area (Å²) in [5, 5.41) is 45.9. The lowest BCUT2D eigenvalue weighted by Crippen LogP contribution is -2.36. The van der Waals surface area contributed by atoms with Gasteiger partial charge in [-0.15, -0.1) is 0 Å². The minimum Gasteiger partial charge on any atom is -0.465 e. The molecule has 0 spiro atoms. The highest BCUT2D eigenvalue weighted by Crippen LogP contribution is 2.34. The summed E-state index contributed by atoms with van der Waals surface area (Å²) in [5.74, 6) is 0.829. The van der Waals surface area contributed by atoms with Gasteiger partial charge in [0.1, 0.15) is 18.3 Å². The first-order chi connectivity index (χ1) is 20.4. The number of amides is 1. The fourth-order valence-electron chi connectivity index (χ4n) is 5.70. The fraction of sp³-hybridized carbons (Fsp3) is 0.379. The van der Waals surface area contributed by atoms with E-state index in [0.717, 1.165) is 11.1 Å². The van der Waals surface area contributed by atoms with Gasteiger partial charge < -0.3 is 40.7 Å². The Labute approximate surface area is 241 Å². The number of nitrogens with zero attached hydrogens (tertiary/aromatic N) is 5. The van der Waals surface area contributed by atoms with E-state index in [-0.39, 0.29) is 12.0 Å². The summed E-state index contributed by atoms with van der Waals surface area (Å²) >= 11 is 0. The number of aliphatic hydroxyl groups excluding tert-OH is 3. The van der Waals surface area contributed by atoms with Crippen molar-refractivity contribution < 1.29 is 30.0 Å². The largest absolute Gasteiger partial charge is 0.465 e. The first-order valence-electron chi connectivity index (χ1n) is 13.9. The molecule has 6 N–H and O–H groups in total. The molecule has 5 atom stereocenters. The van der Waals surface area contributed by atoms with Crippen LogP contribution in [0.25, 0.3) is 11.2 Å². The molecule has 0 bridgehead atoms. The number of rotatable bonds is 9. The molecule has 0 unspecified atom stereocenters. The van der Waals surface area contributed by atoms with Crippen molar-refractivity contribution in [1.29, 1.82) is 0 Å². The Hall–Kier alpha value is -4.30. The van der Waals surface area contributed by atoms with Crippen LogP contribution in [0.5, 0.6) is 0 Å². The monoisotopic (exact) mass is 575 g/mol. The van der Waals surface area contributed by atoms with Crippen LogP contribution in [0.4, 0.5) is 16.6 Å². The van der Waals surface area contributed by atoms with E-state index < -0.39 is 37.2 Å². The number of aliphatic hydroxyl groups is 3. The predicted octanol–water partition coefficient (Wildman–Crippen LogP) is 1.53. The highest BCUT2D eigenvalue weighted by Gasteiger charge is 2.44. The molecular formula is C29H33N7O6. The number of ether oxygens (including phenoxy) is 1. The number of fused-ring (bicyclic) bond motifs is 1. The zero-order chi connectivity index (χ0) is 29.2. The number of nitrogens with one attached hydrogen (secondary N) is 2. The van der Waals surface area contributed by atoms with E-state index in [4.69, 9.17) is 14.7 Å². The highest BCUT2D eigenvalue weighted by atomic mass is 16.6. The first kappa shape index (κ1) is 27.8. The van der Waals surface area contributed by atoms with E-state index >= 15 is 0 Å². The van der Waals surface area contributed by atoms with E-state index in [9.17, 15) is 25.2 Å². The van der Waals surface area contributed by atoms with Gasteiger partial charge >= 0.3 is 6.09 Å². The SMILES string of the molecule is O=C(O)N[C@@H]1CCN(c2nc(NCC(c3ccccc3)c3ccccc3)c3ncn([C@@H]4O[C@H](CO)[C@@H](O)[C@H]4O)c3n2)C1. The molecule has 2 fully saturated rings. The molecule has 2 saturated heterocycles. The van der Waals surface area contributed by atoms with Crippen molar-refractivity contribution in [3.63, 3.8) is 0 Å². The summed E-state index contributed by atoms with van der Waals surface area (Å²) in [6.45, 7) is 0.953. The van der Waals surface area contributed by atoms with E-state index in [1.54, 1.807) is 0 Å². The number of carbonyl (C=O) groups is 1. The van der Waals surface area contributed by atoms with Crippen molar-refractivity contribution in [2.24, 2.45) is 0 Å². The van der Waals surface area contributed by atoms with Gasteiger partial charge in [0.15, 0.2) is 23.2 Å². The van der Waals surface area contributed by atoms with Gasteiger partial charge in [-0.25, -0.2) is 9.78 Å². The minimum absolute atomic E-state index is 0.000619. The van der Waals surface area contributed by atoms with E-state index in [2.05, 4.69) is 39.9 Å². The average Bonchev–Trinajstić information content (AvgIpc) is 3.72. The van der Waals surface area contributed by atoms with Gasteiger partial charge in [-0.05, 0) is 17.5 Å². The number of hydrogen-bond acceptors (Lipinski definition) is 10. The van der Waals surface area contributed by atoms with E-state index in [0.29, 0.717) is 49.0 Å². The maximum Gasteiger partial charge on any atom is 0.404 e. The van der Waals surface area contributed by atoms with Crippen molar-refractivity contribution in [3.05, 3.63) is 78.1 Å². The van der Waals surface area contributed by atoms with Gasteiger partial charge in [-0.1, -0.05) is 60.7 Å². The molecule has 0 radical (unpaired) electrons. The average molecular weight is 576 g/mol. The van der Waals surface area contributed by atoms with Crippen molar-refractivity contribution in [2.75, 3.05) is 36.5 Å². The molecule has 6 rings (SSSR count). The third-order valence-electron chi connectivity index (χ3n) is 7.88. The fourth-order valence-corrected chi connectivity index (χ4v) is 5.70. The quantitative estimate of drug-likeness (QED) is 0.170. The summed E-state index contributed by atoms with van der Waals surface area (Å²) in [4.78, 5) is 27.2. The number of aromatic nitrogens is 4. The minimum atomic E-state index is -1.31. The van der Waals surface area contributed by atoms with Gasteiger partial charge in [-0.2, -0.15) is 9.97 Å². The summed E-state index contributed by atoms with van der Waals surface area (Å²) < 4.78 is 7.30. The maximum atomic E-state index is 11.2. The zero-order valence-electron chi connectivity index (χ0n) is 22.7. The molecule has 0 saturated carbocycles. The topological polar surface area (TPSA) is 178 Å². The lowest BCUT2D eigenvalue weighted by molar-refractivity contribution is -0.0511. The van der Waals surface area contributed by atoms with Crippen LogP contribution in [0.3, 0.4) is 0 Å².